The Morgan fingerprint density at radius 3 is 2.50 bits per heavy atom. The van der Waals surface area contributed by atoms with Crippen LogP contribution in [0.5, 0.6) is 5.75 Å². The standard InChI is InChI=1S/C22H27N3O3/c1-15-9-12-18(19(13-15)28-14-20(26)25(2)3)24-21(16-7-5-4-6-8-16)22(27)23-17-10-11-17/h4-9,12-13,17,21,24H,10-11,14H2,1-3H3,(H,23,27). The van der Waals surface area contributed by atoms with Gasteiger partial charge in [-0.15, -0.1) is 0 Å². The maximum atomic E-state index is 12.9. The Morgan fingerprint density at radius 2 is 1.86 bits per heavy atom. The molecule has 1 aliphatic rings. The lowest BCUT2D eigenvalue weighted by molar-refractivity contribution is -0.130. The molecule has 6 heteroatoms. The number of benzene rings is 2. The van der Waals surface area contributed by atoms with Crippen molar-refractivity contribution >= 4 is 17.5 Å². The summed E-state index contributed by atoms with van der Waals surface area (Å²) in [7, 11) is 3.38. The summed E-state index contributed by atoms with van der Waals surface area (Å²) in [5.74, 6) is 0.360. The van der Waals surface area contributed by atoms with Crippen LogP contribution < -0.4 is 15.4 Å². The topological polar surface area (TPSA) is 70.7 Å². The van der Waals surface area contributed by atoms with Crippen molar-refractivity contribution in [2.24, 2.45) is 0 Å². The maximum Gasteiger partial charge on any atom is 0.259 e. The predicted octanol–water partition coefficient (Wildman–Crippen LogP) is 2.89. The lowest BCUT2D eigenvalue weighted by Gasteiger charge is -2.22. The van der Waals surface area contributed by atoms with E-state index in [9.17, 15) is 9.59 Å². The highest BCUT2D eigenvalue weighted by atomic mass is 16.5. The minimum absolute atomic E-state index is 0.0601. The molecule has 1 aliphatic carbocycles. The SMILES string of the molecule is Cc1ccc(NC(C(=O)NC2CC2)c2ccccc2)c(OCC(=O)N(C)C)c1. The Balaban J connectivity index is 1.83. The third-order valence-electron chi connectivity index (χ3n) is 4.61. The van der Waals surface area contributed by atoms with Crippen LogP contribution in [0.3, 0.4) is 0 Å². The van der Waals surface area contributed by atoms with Gasteiger partial charge in [0.1, 0.15) is 11.8 Å². The molecule has 0 radical (unpaired) electrons. The second-order valence-electron chi connectivity index (χ2n) is 7.35. The number of amides is 2. The first-order chi connectivity index (χ1) is 13.4. The minimum atomic E-state index is -0.545. The van der Waals surface area contributed by atoms with Crippen LogP contribution in [0.25, 0.3) is 0 Å². The van der Waals surface area contributed by atoms with E-state index in [-0.39, 0.29) is 24.5 Å². The average molecular weight is 381 g/mol. The molecule has 0 heterocycles. The molecular formula is C22H27N3O3. The number of ether oxygens (including phenoxy) is 1. The number of nitrogens with one attached hydrogen (secondary N) is 2. The van der Waals surface area contributed by atoms with Crippen LogP contribution in [0.2, 0.25) is 0 Å². The first-order valence-electron chi connectivity index (χ1n) is 9.49. The van der Waals surface area contributed by atoms with Gasteiger partial charge < -0.3 is 20.3 Å². The lowest BCUT2D eigenvalue weighted by Crippen LogP contribution is -2.35. The van der Waals surface area contributed by atoms with Crippen molar-refractivity contribution < 1.29 is 14.3 Å². The van der Waals surface area contributed by atoms with Crippen LogP contribution in [-0.4, -0.2) is 43.5 Å². The largest absolute Gasteiger partial charge is 0.482 e. The van der Waals surface area contributed by atoms with Crippen molar-refractivity contribution in [3.05, 3.63) is 59.7 Å². The van der Waals surface area contributed by atoms with Crippen molar-refractivity contribution in [2.75, 3.05) is 26.0 Å². The molecule has 1 atom stereocenters. The molecule has 1 fully saturated rings. The molecule has 6 nitrogen and oxygen atoms in total. The van der Waals surface area contributed by atoms with E-state index in [4.69, 9.17) is 4.74 Å². The van der Waals surface area contributed by atoms with E-state index in [0.29, 0.717) is 11.4 Å². The number of hydrogen-bond acceptors (Lipinski definition) is 4. The van der Waals surface area contributed by atoms with Crippen LogP contribution in [-0.2, 0) is 9.59 Å². The van der Waals surface area contributed by atoms with Gasteiger partial charge in [-0.25, -0.2) is 0 Å². The fourth-order valence-electron chi connectivity index (χ4n) is 2.75. The van der Waals surface area contributed by atoms with E-state index in [1.807, 2.05) is 55.5 Å². The number of hydrogen-bond donors (Lipinski definition) is 2. The van der Waals surface area contributed by atoms with Gasteiger partial charge in [0.25, 0.3) is 5.91 Å². The average Bonchev–Trinajstić information content (AvgIpc) is 3.49. The third kappa shape index (κ3) is 5.25. The van der Waals surface area contributed by atoms with Crippen LogP contribution in [0.15, 0.2) is 48.5 Å². The fourth-order valence-corrected chi connectivity index (χ4v) is 2.75. The number of carbonyl (C=O) groups is 2. The van der Waals surface area contributed by atoms with Gasteiger partial charge in [-0.05, 0) is 43.0 Å². The molecule has 2 aromatic carbocycles. The highest BCUT2D eigenvalue weighted by Gasteiger charge is 2.29. The molecule has 0 bridgehead atoms. The molecule has 1 unspecified atom stereocenters. The molecule has 0 saturated heterocycles. The molecule has 0 aliphatic heterocycles. The van der Waals surface area contributed by atoms with Gasteiger partial charge in [0.15, 0.2) is 6.61 Å². The van der Waals surface area contributed by atoms with Crippen molar-refractivity contribution in [1.29, 1.82) is 0 Å². The maximum absolute atomic E-state index is 12.9. The Labute approximate surface area is 165 Å². The van der Waals surface area contributed by atoms with Gasteiger partial charge in [0.05, 0.1) is 5.69 Å². The zero-order chi connectivity index (χ0) is 20.1. The van der Waals surface area contributed by atoms with Gasteiger partial charge in [-0.3, -0.25) is 9.59 Å². The summed E-state index contributed by atoms with van der Waals surface area (Å²) in [5.41, 5.74) is 2.56. The van der Waals surface area contributed by atoms with Crippen LogP contribution in [0.1, 0.15) is 30.0 Å². The molecule has 148 valence electrons. The van der Waals surface area contributed by atoms with Gasteiger partial charge in [0, 0.05) is 20.1 Å². The highest BCUT2D eigenvalue weighted by molar-refractivity contribution is 5.87. The van der Waals surface area contributed by atoms with E-state index in [0.717, 1.165) is 24.0 Å². The minimum Gasteiger partial charge on any atom is -0.482 e. The molecule has 0 aromatic heterocycles. The summed E-state index contributed by atoms with van der Waals surface area (Å²) in [4.78, 5) is 26.3. The summed E-state index contributed by atoms with van der Waals surface area (Å²) < 4.78 is 5.77. The van der Waals surface area contributed by atoms with Crippen molar-refractivity contribution in [2.45, 2.75) is 31.8 Å². The van der Waals surface area contributed by atoms with Crippen molar-refractivity contribution in [3.8, 4) is 5.75 Å². The number of nitrogens with zero attached hydrogens (tertiary/aromatic N) is 1. The molecule has 2 aromatic rings. The zero-order valence-electron chi connectivity index (χ0n) is 16.6. The van der Waals surface area contributed by atoms with Crippen molar-refractivity contribution in [3.63, 3.8) is 0 Å². The Kier molecular flexibility index (Phi) is 6.19. The van der Waals surface area contributed by atoms with Gasteiger partial charge >= 0.3 is 0 Å². The Morgan fingerprint density at radius 1 is 1.14 bits per heavy atom. The molecule has 28 heavy (non-hydrogen) atoms. The fraction of sp³-hybridized carbons (Fsp3) is 0.364. The quantitative estimate of drug-likeness (QED) is 0.738. The van der Waals surface area contributed by atoms with Crippen LogP contribution in [0.4, 0.5) is 5.69 Å². The second kappa shape index (κ2) is 8.78. The predicted molar refractivity (Wildman–Crippen MR) is 109 cm³/mol. The molecule has 0 spiro atoms. The van der Waals surface area contributed by atoms with Crippen molar-refractivity contribution in [1.82, 2.24) is 10.2 Å². The molecule has 2 N–H and O–H groups in total. The van der Waals surface area contributed by atoms with E-state index >= 15 is 0 Å². The molecular weight excluding hydrogens is 354 g/mol. The molecule has 1 saturated carbocycles. The number of likely N-dealkylation sites (N-methyl/N-ethyl adjacent to an activating group) is 1. The number of aryl methyl sites for hydroxylation is 1. The third-order valence-corrected chi connectivity index (χ3v) is 4.61. The van der Waals surface area contributed by atoms with E-state index in [1.54, 1.807) is 14.1 Å². The van der Waals surface area contributed by atoms with Gasteiger partial charge in [0.2, 0.25) is 5.91 Å². The van der Waals surface area contributed by atoms with Crippen LogP contribution in [0, 0.1) is 6.92 Å². The number of carbonyl (C=O) groups excluding carboxylic acids is 2. The smallest absolute Gasteiger partial charge is 0.259 e. The van der Waals surface area contributed by atoms with Crippen LogP contribution >= 0.6 is 0 Å². The highest BCUT2D eigenvalue weighted by Crippen LogP contribution is 2.30. The summed E-state index contributed by atoms with van der Waals surface area (Å²) in [6.07, 6.45) is 2.05. The monoisotopic (exact) mass is 381 g/mol. The second-order valence-corrected chi connectivity index (χ2v) is 7.35. The summed E-state index contributed by atoms with van der Waals surface area (Å²) in [6.45, 7) is 1.90. The van der Waals surface area contributed by atoms with E-state index in [2.05, 4.69) is 10.6 Å². The number of rotatable bonds is 8. The zero-order valence-corrected chi connectivity index (χ0v) is 16.6. The van der Waals surface area contributed by atoms with Gasteiger partial charge in [-0.1, -0.05) is 36.4 Å². The summed E-state index contributed by atoms with van der Waals surface area (Å²) >= 11 is 0. The van der Waals surface area contributed by atoms with E-state index in [1.165, 1.54) is 4.90 Å². The normalized spacial score (nSPS) is 14.1. The first kappa shape index (κ1) is 19.7. The Bertz CT molecular complexity index is 832. The lowest BCUT2D eigenvalue weighted by atomic mass is 10.1. The number of anilines is 1. The molecule has 2 amide bonds. The molecule has 3 rings (SSSR count). The Hall–Kier alpha value is -3.02. The van der Waals surface area contributed by atoms with Gasteiger partial charge in [-0.2, -0.15) is 0 Å². The first-order valence-corrected chi connectivity index (χ1v) is 9.49. The van der Waals surface area contributed by atoms with E-state index < -0.39 is 6.04 Å². The summed E-state index contributed by atoms with van der Waals surface area (Å²) in [6, 6.07) is 15.0. The summed E-state index contributed by atoms with van der Waals surface area (Å²) in [5, 5.41) is 6.38.